The van der Waals surface area contributed by atoms with Crippen LogP contribution in [0.15, 0.2) is 127 Å². The number of anilines is 6. The normalized spacial score (nSPS) is 17.5. The summed E-state index contributed by atoms with van der Waals surface area (Å²) in [5.74, 6) is 0. The van der Waals surface area contributed by atoms with E-state index in [1.165, 1.54) is 130 Å². The largest absolute Gasteiger partial charge is 0.311 e. The summed E-state index contributed by atoms with van der Waals surface area (Å²) in [6.45, 7) is 31.2. The average Bonchev–Trinajstić information content (AvgIpc) is 3.78. The van der Waals surface area contributed by atoms with Crippen molar-refractivity contribution in [1.29, 1.82) is 0 Å². The molecule has 8 aromatic rings. The van der Waals surface area contributed by atoms with Gasteiger partial charge in [0.15, 0.2) is 0 Å². The van der Waals surface area contributed by atoms with E-state index in [1.807, 2.05) is 0 Å². The summed E-state index contributed by atoms with van der Waals surface area (Å²) in [5, 5.41) is 2.55. The maximum atomic E-state index is 2.69. The van der Waals surface area contributed by atoms with Crippen LogP contribution < -0.4 is 26.2 Å². The van der Waals surface area contributed by atoms with E-state index in [-0.39, 0.29) is 33.8 Å². The molecule has 68 heavy (non-hydrogen) atoms. The van der Waals surface area contributed by atoms with Gasteiger partial charge in [0.2, 0.25) is 0 Å². The van der Waals surface area contributed by atoms with Gasteiger partial charge in [0.1, 0.15) is 0 Å². The van der Waals surface area contributed by atoms with Crippen molar-refractivity contribution in [3.8, 4) is 5.69 Å². The fourth-order valence-electron chi connectivity index (χ4n) is 13.0. The second kappa shape index (κ2) is 14.3. The standard InChI is InChI=1S/C64H68BN3/c1-39-30-43(61(5,6)7)24-27-52(39)68-55-32-41-38-62(8,9)37-40(41)31-50(55)65-51-35-48-49(64(12,13)29-28-63(48,10)11)36-56(51)66(44-25-22-42(23-26-44)60(2,3)4)57-33-45(34-58(68)59(57)65)67-53-20-16-14-18-46(53)47-19-15-17-21-54(47)67/h14-27,30-36H,28-29,37-38H2,1-13H3. The number of hydrogen-bond donors (Lipinski definition) is 0. The van der Waals surface area contributed by atoms with Gasteiger partial charge < -0.3 is 14.4 Å². The fourth-order valence-corrected chi connectivity index (χ4v) is 13.0. The van der Waals surface area contributed by atoms with E-state index in [2.05, 4.69) is 232 Å². The first kappa shape index (κ1) is 43.3. The number of aromatic nitrogens is 1. The minimum Gasteiger partial charge on any atom is -0.311 e. The van der Waals surface area contributed by atoms with Crippen molar-refractivity contribution in [1.82, 2.24) is 4.57 Å². The third-order valence-electron chi connectivity index (χ3n) is 16.8. The minimum absolute atomic E-state index is 0.0322. The quantitative estimate of drug-likeness (QED) is 0.164. The fraction of sp³-hybridized carbons (Fsp3) is 0.344. The summed E-state index contributed by atoms with van der Waals surface area (Å²) >= 11 is 0. The number of hydrogen-bond acceptors (Lipinski definition) is 2. The first-order valence-electron chi connectivity index (χ1n) is 25.4. The zero-order valence-corrected chi connectivity index (χ0v) is 42.9. The molecule has 4 heteroatoms. The number of aryl methyl sites for hydroxylation is 1. The Morgan fingerprint density at radius 3 is 1.57 bits per heavy atom. The van der Waals surface area contributed by atoms with Gasteiger partial charge in [-0.1, -0.05) is 156 Å². The van der Waals surface area contributed by atoms with Crippen molar-refractivity contribution < 1.29 is 0 Å². The van der Waals surface area contributed by atoms with E-state index >= 15 is 0 Å². The van der Waals surface area contributed by atoms with Gasteiger partial charge in [0.25, 0.3) is 6.71 Å². The lowest BCUT2D eigenvalue weighted by molar-refractivity contribution is 0.332. The van der Waals surface area contributed by atoms with Crippen LogP contribution in [0.25, 0.3) is 27.5 Å². The zero-order chi connectivity index (χ0) is 47.6. The summed E-state index contributed by atoms with van der Waals surface area (Å²) < 4.78 is 2.54. The van der Waals surface area contributed by atoms with Gasteiger partial charge in [-0.05, 0) is 170 Å². The Labute approximate surface area is 406 Å². The first-order chi connectivity index (χ1) is 32.1. The van der Waals surface area contributed by atoms with Crippen LogP contribution in [0.1, 0.15) is 135 Å². The van der Waals surface area contributed by atoms with Gasteiger partial charge in [-0.3, -0.25) is 0 Å². The van der Waals surface area contributed by atoms with Gasteiger partial charge in [-0.25, -0.2) is 0 Å². The van der Waals surface area contributed by atoms with E-state index < -0.39 is 0 Å². The van der Waals surface area contributed by atoms with Gasteiger partial charge in [0, 0.05) is 44.9 Å². The molecule has 2 aliphatic heterocycles. The van der Waals surface area contributed by atoms with E-state index in [9.17, 15) is 0 Å². The predicted molar refractivity (Wildman–Crippen MR) is 293 cm³/mol. The molecule has 0 bridgehead atoms. The molecular formula is C64H68BN3. The van der Waals surface area contributed by atoms with E-state index in [0.29, 0.717) is 0 Å². The number of benzene rings is 7. The summed E-state index contributed by atoms with van der Waals surface area (Å²) in [4.78, 5) is 5.36. The molecule has 3 nitrogen and oxygen atoms in total. The molecule has 0 spiro atoms. The summed E-state index contributed by atoms with van der Waals surface area (Å²) in [6, 6.07) is 50.5. The Morgan fingerprint density at radius 2 is 0.985 bits per heavy atom. The highest BCUT2D eigenvalue weighted by Gasteiger charge is 2.48. The van der Waals surface area contributed by atoms with Gasteiger partial charge in [0.05, 0.1) is 16.7 Å². The summed E-state index contributed by atoms with van der Waals surface area (Å²) in [5.41, 5.74) is 25.9. The molecule has 0 unspecified atom stereocenters. The van der Waals surface area contributed by atoms with Crippen LogP contribution >= 0.6 is 0 Å². The number of nitrogens with zero attached hydrogens (tertiary/aromatic N) is 3. The summed E-state index contributed by atoms with van der Waals surface area (Å²) in [6.07, 6.45) is 4.52. The molecule has 0 saturated carbocycles. The van der Waals surface area contributed by atoms with Crippen molar-refractivity contribution in [2.45, 2.75) is 137 Å². The lowest BCUT2D eigenvalue weighted by Gasteiger charge is -2.48. The van der Waals surface area contributed by atoms with Crippen molar-refractivity contribution >= 4 is 79.0 Å². The third-order valence-corrected chi connectivity index (χ3v) is 16.8. The van der Waals surface area contributed by atoms with Crippen molar-refractivity contribution in [2.24, 2.45) is 5.41 Å². The topological polar surface area (TPSA) is 11.4 Å². The average molecular weight is 890 g/mol. The monoisotopic (exact) mass is 890 g/mol. The van der Waals surface area contributed by atoms with Crippen LogP contribution in [-0.4, -0.2) is 11.3 Å². The van der Waals surface area contributed by atoms with E-state index in [0.717, 1.165) is 12.8 Å². The highest BCUT2D eigenvalue weighted by molar-refractivity contribution is 7.00. The molecule has 0 N–H and O–H groups in total. The smallest absolute Gasteiger partial charge is 0.252 e. The lowest BCUT2D eigenvalue weighted by Crippen LogP contribution is -2.62. The van der Waals surface area contributed by atoms with Gasteiger partial charge in [-0.2, -0.15) is 0 Å². The van der Waals surface area contributed by atoms with Gasteiger partial charge >= 0.3 is 0 Å². The molecule has 2 aliphatic carbocycles. The zero-order valence-electron chi connectivity index (χ0n) is 42.9. The Hall–Kier alpha value is -6.00. The highest BCUT2D eigenvalue weighted by Crippen LogP contribution is 2.52. The second-order valence-electron chi connectivity index (χ2n) is 25.3. The molecule has 1 aromatic heterocycles. The van der Waals surface area contributed by atoms with Crippen LogP contribution in [-0.2, 0) is 34.5 Å². The molecule has 0 atom stereocenters. The molecule has 3 heterocycles. The molecule has 342 valence electrons. The molecule has 0 radical (unpaired) electrons. The van der Waals surface area contributed by atoms with Crippen LogP contribution in [0.5, 0.6) is 0 Å². The Balaban J connectivity index is 1.25. The molecule has 12 rings (SSSR count). The second-order valence-corrected chi connectivity index (χ2v) is 25.3. The molecule has 0 saturated heterocycles. The number of rotatable bonds is 3. The first-order valence-corrected chi connectivity index (χ1v) is 25.4. The minimum atomic E-state index is 0.0322. The Morgan fingerprint density at radius 1 is 0.471 bits per heavy atom. The maximum Gasteiger partial charge on any atom is 0.252 e. The van der Waals surface area contributed by atoms with Crippen molar-refractivity contribution in [3.05, 3.63) is 166 Å². The number of para-hydroxylation sites is 2. The van der Waals surface area contributed by atoms with Gasteiger partial charge in [-0.15, -0.1) is 0 Å². The third kappa shape index (κ3) is 6.45. The predicted octanol–water partition coefficient (Wildman–Crippen LogP) is 15.2. The van der Waals surface area contributed by atoms with Crippen LogP contribution in [0, 0.1) is 12.3 Å². The highest BCUT2D eigenvalue weighted by atomic mass is 15.2. The van der Waals surface area contributed by atoms with Crippen molar-refractivity contribution in [2.75, 3.05) is 9.80 Å². The SMILES string of the molecule is Cc1cc(C(C)(C)C)ccc1N1c2cc3c(cc2B2c4cc5c(cc4N(c4ccc(C(C)(C)C)cc4)c4cc(-n6c7ccccc7c7ccccc76)cc1c42)C(C)(C)CCC5(C)C)CC(C)(C)C3. The van der Waals surface area contributed by atoms with E-state index in [4.69, 9.17) is 0 Å². The maximum absolute atomic E-state index is 2.69. The van der Waals surface area contributed by atoms with Crippen LogP contribution in [0.2, 0.25) is 0 Å². The molecule has 4 aliphatic rings. The molecular weight excluding hydrogens is 822 g/mol. The summed E-state index contributed by atoms with van der Waals surface area (Å²) in [7, 11) is 0. The van der Waals surface area contributed by atoms with Crippen molar-refractivity contribution in [3.63, 3.8) is 0 Å². The lowest BCUT2D eigenvalue weighted by atomic mass is 9.33. The molecule has 0 fully saturated rings. The van der Waals surface area contributed by atoms with E-state index in [1.54, 1.807) is 0 Å². The molecule has 0 amide bonds. The van der Waals surface area contributed by atoms with Crippen LogP contribution in [0.4, 0.5) is 34.1 Å². The van der Waals surface area contributed by atoms with Crippen LogP contribution in [0.3, 0.4) is 0 Å². The molecule has 7 aromatic carbocycles. The Kier molecular flexibility index (Phi) is 9.10. The Bertz CT molecular complexity index is 3370. The number of fused-ring (bicyclic) bond motifs is 9.